The number of aromatic nitrogens is 1. The van der Waals surface area contributed by atoms with Gasteiger partial charge in [0.25, 0.3) is 0 Å². The van der Waals surface area contributed by atoms with Crippen LogP contribution in [0.5, 0.6) is 0 Å². The minimum atomic E-state index is -0.234. The van der Waals surface area contributed by atoms with Gasteiger partial charge in [0.05, 0.1) is 24.2 Å². The Balaban J connectivity index is 2.41. The molecular formula is C13H14N2O2. The fraction of sp³-hybridized carbons (Fsp3) is 0.231. The monoisotopic (exact) mass is 230 g/mol. The number of nitrogen functional groups attached to an aromatic ring is 1. The minimum Gasteiger partial charge on any atom is -0.466 e. The number of anilines is 1. The van der Waals surface area contributed by atoms with Gasteiger partial charge >= 0.3 is 5.97 Å². The molecular weight excluding hydrogens is 216 g/mol. The summed E-state index contributed by atoms with van der Waals surface area (Å²) in [6.45, 7) is 2.19. The fourth-order valence-corrected chi connectivity index (χ4v) is 1.78. The third-order valence-corrected chi connectivity index (χ3v) is 2.53. The number of fused-ring (bicyclic) bond motifs is 1. The Morgan fingerprint density at radius 2 is 2.24 bits per heavy atom. The van der Waals surface area contributed by atoms with E-state index in [2.05, 4.69) is 4.98 Å². The van der Waals surface area contributed by atoms with Crippen molar-refractivity contribution in [2.45, 2.75) is 13.3 Å². The molecule has 0 saturated heterocycles. The van der Waals surface area contributed by atoms with E-state index in [1.807, 2.05) is 18.2 Å². The lowest BCUT2D eigenvalue weighted by atomic mass is 10.1. The number of para-hydroxylation sites is 1. The van der Waals surface area contributed by atoms with Gasteiger partial charge in [-0.1, -0.05) is 12.1 Å². The van der Waals surface area contributed by atoms with Gasteiger partial charge in [-0.15, -0.1) is 0 Å². The first kappa shape index (κ1) is 11.4. The van der Waals surface area contributed by atoms with Crippen molar-refractivity contribution in [1.82, 2.24) is 4.98 Å². The Kier molecular flexibility index (Phi) is 3.23. The summed E-state index contributed by atoms with van der Waals surface area (Å²) < 4.78 is 4.93. The summed E-state index contributed by atoms with van der Waals surface area (Å²) >= 11 is 0. The molecule has 0 aliphatic rings. The molecule has 0 amide bonds. The zero-order valence-corrected chi connectivity index (χ0v) is 9.64. The molecule has 0 saturated carbocycles. The van der Waals surface area contributed by atoms with Gasteiger partial charge in [-0.2, -0.15) is 0 Å². The van der Waals surface area contributed by atoms with Crippen LogP contribution in [0.3, 0.4) is 0 Å². The zero-order valence-electron chi connectivity index (χ0n) is 9.64. The van der Waals surface area contributed by atoms with Gasteiger partial charge < -0.3 is 10.5 Å². The first-order valence-electron chi connectivity index (χ1n) is 5.50. The molecule has 0 spiro atoms. The fourth-order valence-electron chi connectivity index (χ4n) is 1.78. The van der Waals surface area contributed by atoms with Crippen LogP contribution in [0.2, 0.25) is 0 Å². The Morgan fingerprint density at radius 3 is 3.00 bits per heavy atom. The number of benzene rings is 1. The van der Waals surface area contributed by atoms with Crippen LogP contribution < -0.4 is 5.73 Å². The SMILES string of the molecule is CCOC(=O)Cc1ccnc2c(N)cccc12. The van der Waals surface area contributed by atoms with E-state index in [0.29, 0.717) is 12.3 Å². The molecule has 2 aromatic rings. The average Bonchev–Trinajstić information content (AvgIpc) is 2.31. The summed E-state index contributed by atoms with van der Waals surface area (Å²) in [5.41, 5.74) is 8.08. The number of hydrogen-bond acceptors (Lipinski definition) is 4. The van der Waals surface area contributed by atoms with Gasteiger partial charge in [-0.05, 0) is 24.6 Å². The lowest BCUT2D eigenvalue weighted by Crippen LogP contribution is -2.08. The second kappa shape index (κ2) is 4.82. The van der Waals surface area contributed by atoms with E-state index in [4.69, 9.17) is 10.5 Å². The van der Waals surface area contributed by atoms with Crippen LogP contribution in [0.25, 0.3) is 10.9 Å². The molecule has 2 rings (SSSR count). The number of nitrogens with zero attached hydrogens (tertiary/aromatic N) is 1. The van der Waals surface area contributed by atoms with Gasteiger partial charge in [-0.3, -0.25) is 9.78 Å². The predicted octanol–water partition coefficient (Wildman–Crippen LogP) is 1.92. The largest absolute Gasteiger partial charge is 0.466 e. The minimum absolute atomic E-state index is 0.234. The smallest absolute Gasteiger partial charge is 0.310 e. The van der Waals surface area contributed by atoms with Crippen LogP contribution in [0.4, 0.5) is 5.69 Å². The summed E-state index contributed by atoms with van der Waals surface area (Å²) in [6.07, 6.45) is 1.91. The van der Waals surface area contributed by atoms with E-state index < -0.39 is 0 Å². The molecule has 2 N–H and O–H groups in total. The second-order valence-corrected chi connectivity index (χ2v) is 3.70. The van der Waals surface area contributed by atoms with Crippen LogP contribution in [0.15, 0.2) is 30.5 Å². The normalized spacial score (nSPS) is 10.4. The highest BCUT2D eigenvalue weighted by Crippen LogP contribution is 2.22. The maximum absolute atomic E-state index is 11.5. The molecule has 1 heterocycles. The highest BCUT2D eigenvalue weighted by Gasteiger charge is 2.09. The van der Waals surface area contributed by atoms with Gasteiger partial charge in [0.2, 0.25) is 0 Å². The van der Waals surface area contributed by atoms with Crippen molar-refractivity contribution in [3.8, 4) is 0 Å². The highest BCUT2D eigenvalue weighted by molar-refractivity contribution is 5.93. The number of ether oxygens (including phenoxy) is 1. The van der Waals surface area contributed by atoms with Crippen LogP contribution in [-0.4, -0.2) is 17.6 Å². The molecule has 4 nitrogen and oxygen atoms in total. The Bertz CT molecular complexity index is 552. The lowest BCUT2D eigenvalue weighted by molar-refractivity contribution is -0.142. The van der Waals surface area contributed by atoms with Crippen molar-refractivity contribution < 1.29 is 9.53 Å². The Hall–Kier alpha value is -2.10. The van der Waals surface area contributed by atoms with E-state index in [1.165, 1.54) is 0 Å². The molecule has 1 aromatic heterocycles. The molecule has 4 heteroatoms. The van der Waals surface area contributed by atoms with E-state index in [-0.39, 0.29) is 12.4 Å². The highest BCUT2D eigenvalue weighted by atomic mass is 16.5. The quantitative estimate of drug-likeness (QED) is 0.646. The number of nitrogens with two attached hydrogens (primary N) is 1. The predicted molar refractivity (Wildman–Crippen MR) is 66.5 cm³/mol. The Morgan fingerprint density at radius 1 is 1.41 bits per heavy atom. The molecule has 0 aliphatic carbocycles. The van der Waals surface area contributed by atoms with Crippen molar-refractivity contribution in [1.29, 1.82) is 0 Å². The van der Waals surface area contributed by atoms with E-state index in [1.54, 1.807) is 19.2 Å². The van der Waals surface area contributed by atoms with Crippen molar-refractivity contribution in [2.24, 2.45) is 0 Å². The molecule has 1 aromatic carbocycles. The molecule has 0 radical (unpaired) electrons. The van der Waals surface area contributed by atoms with E-state index in [9.17, 15) is 4.79 Å². The number of carbonyl (C=O) groups excluding carboxylic acids is 1. The van der Waals surface area contributed by atoms with Gasteiger partial charge in [0.15, 0.2) is 0 Å². The number of carbonyl (C=O) groups is 1. The first-order valence-corrected chi connectivity index (χ1v) is 5.50. The van der Waals surface area contributed by atoms with Crippen molar-refractivity contribution in [3.05, 3.63) is 36.0 Å². The van der Waals surface area contributed by atoms with Crippen molar-refractivity contribution >= 4 is 22.6 Å². The zero-order chi connectivity index (χ0) is 12.3. The summed E-state index contributed by atoms with van der Waals surface area (Å²) in [4.78, 5) is 15.7. The molecule has 88 valence electrons. The standard InChI is InChI=1S/C13H14N2O2/c1-2-17-12(16)8-9-6-7-15-13-10(9)4-3-5-11(13)14/h3-7H,2,8,14H2,1H3. The molecule has 0 unspecified atom stereocenters. The molecule has 0 fully saturated rings. The number of esters is 1. The topological polar surface area (TPSA) is 65.2 Å². The van der Waals surface area contributed by atoms with Crippen LogP contribution >= 0.6 is 0 Å². The summed E-state index contributed by atoms with van der Waals surface area (Å²) in [6, 6.07) is 7.38. The molecule has 0 bridgehead atoms. The van der Waals surface area contributed by atoms with Crippen LogP contribution in [0, 0.1) is 0 Å². The van der Waals surface area contributed by atoms with Crippen molar-refractivity contribution in [3.63, 3.8) is 0 Å². The average molecular weight is 230 g/mol. The molecule has 17 heavy (non-hydrogen) atoms. The van der Waals surface area contributed by atoms with Gasteiger partial charge in [-0.25, -0.2) is 0 Å². The third-order valence-electron chi connectivity index (χ3n) is 2.53. The summed E-state index contributed by atoms with van der Waals surface area (Å²) in [5.74, 6) is -0.234. The van der Waals surface area contributed by atoms with Crippen LogP contribution in [0.1, 0.15) is 12.5 Å². The maximum atomic E-state index is 11.5. The molecule has 0 atom stereocenters. The lowest BCUT2D eigenvalue weighted by Gasteiger charge is -2.07. The summed E-state index contributed by atoms with van der Waals surface area (Å²) in [5, 5.41) is 0.903. The van der Waals surface area contributed by atoms with Crippen molar-refractivity contribution in [2.75, 3.05) is 12.3 Å². The molecule has 0 aliphatic heterocycles. The maximum Gasteiger partial charge on any atom is 0.310 e. The van der Waals surface area contributed by atoms with Gasteiger partial charge in [0.1, 0.15) is 0 Å². The number of hydrogen-bond donors (Lipinski definition) is 1. The first-order chi connectivity index (χ1) is 8.22. The van der Waals surface area contributed by atoms with E-state index >= 15 is 0 Å². The van der Waals surface area contributed by atoms with Gasteiger partial charge in [0, 0.05) is 11.6 Å². The van der Waals surface area contributed by atoms with E-state index in [0.717, 1.165) is 16.5 Å². The third kappa shape index (κ3) is 2.36. The summed E-state index contributed by atoms with van der Waals surface area (Å²) in [7, 11) is 0. The number of pyridine rings is 1. The van der Waals surface area contributed by atoms with Crippen LogP contribution in [-0.2, 0) is 16.0 Å². The number of rotatable bonds is 3. The second-order valence-electron chi connectivity index (χ2n) is 3.70. The Labute approximate surface area is 99.4 Å².